The second kappa shape index (κ2) is 11.1. The number of hydrogen-bond acceptors (Lipinski definition) is 7. The summed E-state index contributed by atoms with van der Waals surface area (Å²) < 4.78 is 5.22. The zero-order chi connectivity index (χ0) is 23.9. The van der Waals surface area contributed by atoms with Crippen LogP contribution in [0.3, 0.4) is 0 Å². The largest absolute Gasteiger partial charge is 0.480 e. The molecule has 9 nitrogen and oxygen atoms in total. The quantitative estimate of drug-likeness (QED) is 0.418. The number of alkyl carbamates (subject to hydrolysis) is 1. The molecule has 32 heavy (non-hydrogen) atoms. The Labute approximate surface area is 191 Å². The Morgan fingerprint density at radius 1 is 1.16 bits per heavy atom. The van der Waals surface area contributed by atoms with Crippen LogP contribution in [0.25, 0.3) is 10.6 Å². The highest BCUT2D eigenvalue weighted by atomic mass is 32.1. The van der Waals surface area contributed by atoms with E-state index < -0.39 is 35.8 Å². The molecule has 0 aliphatic heterocycles. The summed E-state index contributed by atoms with van der Waals surface area (Å²) in [5, 5.41) is 19.7. The van der Waals surface area contributed by atoms with Gasteiger partial charge in [-0.3, -0.25) is 20.2 Å². The lowest BCUT2D eigenvalue weighted by molar-refractivity contribution is -0.140. The van der Waals surface area contributed by atoms with Gasteiger partial charge >= 0.3 is 12.1 Å². The zero-order valence-electron chi connectivity index (χ0n) is 18.8. The van der Waals surface area contributed by atoms with Crippen LogP contribution in [0.2, 0.25) is 0 Å². The van der Waals surface area contributed by atoms with Gasteiger partial charge in [0.15, 0.2) is 6.17 Å². The lowest BCUT2D eigenvalue weighted by Gasteiger charge is -2.26. The van der Waals surface area contributed by atoms with Crippen LogP contribution in [0.4, 0.5) is 10.6 Å². The highest BCUT2D eigenvalue weighted by Crippen LogP contribution is 2.25. The van der Waals surface area contributed by atoms with Gasteiger partial charge in [0.1, 0.15) is 22.5 Å². The van der Waals surface area contributed by atoms with Gasteiger partial charge in [0, 0.05) is 10.9 Å². The molecular formula is C22H30N4O5S. The Balaban J connectivity index is 2.17. The van der Waals surface area contributed by atoms with Gasteiger partial charge in [0.2, 0.25) is 0 Å². The van der Waals surface area contributed by atoms with Gasteiger partial charge in [0.05, 0.1) is 0 Å². The third-order valence-electron chi connectivity index (χ3n) is 4.07. The number of rotatable bonds is 9. The number of amides is 2. The van der Waals surface area contributed by atoms with Gasteiger partial charge in [-0.25, -0.2) is 9.78 Å². The number of aliphatic carboxylic acids is 1. The van der Waals surface area contributed by atoms with Crippen LogP contribution in [-0.4, -0.2) is 45.9 Å². The fourth-order valence-corrected chi connectivity index (χ4v) is 3.52. The Morgan fingerprint density at radius 3 is 2.38 bits per heavy atom. The summed E-state index contributed by atoms with van der Waals surface area (Å²) >= 11 is 1.35. The predicted octanol–water partition coefficient (Wildman–Crippen LogP) is 3.69. The van der Waals surface area contributed by atoms with Crippen molar-refractivity contribution in [2.45, 2.75) is 58.8 Å². The van der Waals surface area contributed by atoms with E-state index in [0.717, 1.165) is 5.56 Å². The standard InChI is InChI=1S/C22H30N4O5S/c1-13(2)11-15(20(28)29)23-17(26-21(30)31-22(3,4)5)18(27)24-16-12-32-19(25-16)14-9-7-6-8-10-14/h6-10,12-13,15,17,23H,11H2,1-5H3,(H,24,27)(H,26,30)(H,28,29)/t15-,17+/m0/s1. The van der Waals surface area contributed by atoms with E-state index in [1.54, 1.807) is 26.2 Å². The SMILES string of the molecule is CC(C)C[C@H](N[C@H](NC(=O)OC(C)(C)C)C(=O)Nc1csc(-c2ccccc2)n1)C(=O)O. The molecule has 2 rings (SSSR count). The lowest BCUT2D eigenvalue weighted by Crippen LogP contribution is -2.58. The van der Waals surface area contributed by atoms with E-state index in [1.165, 1.54) is 11.3 Å². The minimum atomic E-state index is -1.34. The number of hydrogen-bond donors (Lipinski definition) is 4. The molecule has 0 unspecified atom stereocenters. The minimum absolute atomic E-state index is 0.0563. The molecule has 0 radical (unpaired) electrons. The summed E-state index contributed by atoms with van der Waals surface area (Å²) in [6.45, 7) is 8.81. The Hall–Kier alpha value is -2.98. The van der Waals surface area contributed by atoms with Crippen LogP contribution in [0.15, 0.2) is 35.7 Å². The molecule has 1 aromatic heterocycles. The van der Waals surface area contributed by atoms with Gasteiger partial charge in [0.25, 0.3) is 5.91 Å². The average molecular weight is 463 g/mol. The van der Waals surface area contributed by atoms with E-state index in [2.05, 4.69) is 20.9 Å². The van der Waals surface area contributed by atoms with Crippen molar-refractivity contribution in [1.82, 2.24) is 15.6 Å². The molecule has 0 saturated carbocycles. The number of thiazole rings is 1. The fourth-order valence-electron chi connectivity index (χ4n) is 2.76. The third-order valence-corrected chi connectivity index (χ3v) is 4.96. The van der Waals surface area contributed by atoms with Gasteiger partial charge in [-0.1, -0.05) is 44.2 Å². The molecule has 0 aliphatic carbocycles. The maximum absolute atomic E-state index is 12.9. The number of benzene rings is 1. The minimum Gasteiger partial charge on any atom is -0.480 e. The highest BCUT2D eigenvalue weighted by Gasteiger charge is 2.30. The van der Waals surface area contributed by atoms with Crippen molar-refractivity contribution in [3.8, 4) is 10.6 Å². The molecular weight excluding hydrogens is 432 g/mol. The van der Waals surface area contributed by atoms with Crippen molar-refractivity contribution in [2.75, 3.05) is 5.32 Å². The van der Waals surface area contributed by atoms with Crippen molar-refractivity contribution >= 4 is 35.1 Å². The van der Waals surface area contributed by atoms with Crippen LogP contribution >= 0.6 is 11.3 Å². The molecule has 2 aromatic rings. The number of nitrogens with one attached hydrogen (secondary N) is 3. The number of ether oxygens (including phenoxy) is 1. The summed E-state index contributed by atoms with van der Waals surface area (Å²) in [5.74, 6) is -1.42. The van der Waals surface area contributed by atoms with E-state index in [9.17, 15) is 19.5 Å². The molecule has 1 aromatic carbocycles. The molecule has 0 fully saturated rings. The number of aromatic nitrogens is 1. The molecule has 0 bridgehead atoms. The Kier molecular flexibility index (Phi) is 8.73. The number of carboxylic acids is 1. The van der Waals surface area contributed by atoms with Crippen molar-refractivity contribution in [3.05, 3.63) is 35.7 Å². The Bertz CT molecular complexity index is 924. The first-order chi connectivity index (χ1) is 14.9. The van der Waals surface area contributed by atoms with Crippen LogP contribution in [0.5, 0.6) is 0 Å². The monoisotopic (exact) mass is 462 g/mol. The second-order valence-corrected chi connectivity index (χ2v) is 9.52. The number of carbonyl (C=O) groups excluding carboxylic acids is 2. The predicted molar refractivity (Wildman–Crippen MR) is 123 cm³/mol. The van der Waals surface area contributed by atoms with Crippen LogP contribution in [-0.2, 0) is 14.3 Å². The summed E-state index contributed by atoms with van der Waals surface area (Å²) in [4.78, 5) is 41.3. The Morgan fingerprint density at radius 2 is 1.81 bits per heavy atom. The van der Waals surface area contributed by atoms with Gasteiger partial charge in [-0.05, 0) is 33.1 Å². The first-order valence-electron chi connectivity index (χ1n) is 10.2. The average Bonchev–Trinajstić information content (AvgIpc) is 3.14. The van der Waals surface area contributed by atoms with Gasteiger partial charge in [-0.15, -0.1) is 11.3 Å². The normalized spacial score (nSPS) is 13.3. The van der Waals surface area contributed by atoms with Crippen LogP contribution < -0.4 is 16.0 Å². The number of carboxylic acid groups (broad SMARTS) is 1. The van der Waals surface area contributed by atoms with E-state index in [-0.39, 0.29) is 12.3 Å². The van der Waals surface area contributed by atoms with E-state index in [4.69, 9.17) is 4.74 Å². The molecule has 4 N–H and O–H groups in total. The molecule has 174 valence electrons. The number of nitrogens with zero attached hydrogens (tertiary/aromatic N) is 1. The van der Waals surface area contributed by atoms with Crippen molar-refractivity contribution in [3.63, 3.8) is 0 Å². The second-order valence-electron chi connectivity index (χ2n) is 8.66. The summed E-state index contributed by atoms with van der Waals surface area (Å²) in [5.41, 5.74) is 0.122. The van der Waals surface area contributed by atoms with Crippen molar-refractivity contribution < 1.29 is 24.2 Å². The van der Waals surface area contributed by atoms with Crippen LogP contribution in [0.1, 0.15) is 41.0 Å². The molecule has 0 aliphatic rings. The fraction of sp³-hybridized carbons (Fsp3) is 0.455. The molecule has 0 saturated heterocycles. The topological polar surface area (TPSA) is 130 Å². The van der Waals surface area contributed by atoms with Gasteiger partial charge < -0.3 is 15.2 Å². The number of carbonyl (C=O) groups is 3. The third kappa shape index (κ3) is 8.27. The summed E-state index contributed by atoms with van der Waals surface area (Å²) in [7, 11) is 0. The first kappa shape index (κ1) is 25.3. The number of anilines is 1. The maximum atomic E-state index is 12.9. The molecule has 2 amide bonds. The van der Waals surface area contributed by atoms with Crippen molar-refractivity contribution in [1.29, 1.82) is 0 Å². The van der Waals surface area contributed by atoms with Crippen molar-refractivity contribution in [2.24, 2.45) is 5.92 Å². The first-order valence-corrected chi connectivity index (χ1v) is 11.1. The molecule has 1 heterocycles. The highest BCUT2D eigenvalue weighted by molar-refractivity contribution is 7.13. The van der Waals surface area contributed by atoms with Gasteiger partial charge in [-0.2, -0.15) is 0 Å². The molecule has 10 heteroatoms. The summed E-state index contributed by atoms with van der Waals surface area (Å²) in [6, 6.07) is 8.44. The summed E-state index contributed by atoms with van der Waals surface area (Å²) in [6.07, 6.45) is -1.92. The lowest BCUT2D eigenvalue weighted by atomic mass is 10.0. The van der Waals surface area contributed by atoms with Crippen LogP contribution in [0, 0.1) is 5.92 Å². The molecule has 0 spiro atoms. The van der Waals surface area contributed by atoms with E-state index in [1.807, 2.05) is 44.2 Å². The smallest absolute Gasteiger partial charge is 0.409 e. The molecule has 2 atom stereocenters. The zero-order valence-corrected chi connectivity index (χ0v) is 19.7. The van der Waals surface area contributed by atoms with E-state index >= 15 is 0 Å². The maximum Gasteiger partial charge on any atom is 0.409 e. The van der Waals surface area contributed by atoms with E-state index in [0.29, 0.717) is 10.8 Å².